The first kappa shape index (κ1) is 18.5. The molecular weight excluding hydrogens is 358 g/mol. The number of hydrogen-bond donors (Lipinski definition) is 3. The summed E-state index contributed by atoms with van der Waals surface area (Å²) in [5.74, 6) is 2.24. The summed E-state index contributed by atoms with van der Waals surface area (Å²) in [4.78, 5) is 20.4. The lowest BCUT2D eigenvalue weighted by atomic mass is 9.89. The van der Waals surface area contributed by atoms with Gasteiger partial charge in [-0.1, -0.05) is 13.8 Å². The summed E-state index contributed by atoms with van der Waals surface area (Å²) >= 11 is 1.33. The number of nitrogen functional groups attached to an aromatic ring is 1. The number of hydrogen-bond acceptors (Lipinski definition) is 6. The molecule has 2 aliphatic heterocycles. The number of amides is 1. The van der Waals surface area contributed by atoms with Crippen LogP contribution in [0.15, 0.2) is 6.07 Å². The van der Waals surface area contributed by atoms with Crippen molar-refractivity contribution in [2.45, 2.75) is 39.0 Å². The van der Waals surface area contributed by atoms with Gasteiger partial charge >= 0.3 is 0 Å². The number of carbonyl (C=O) groups excluding carboxylic acids is 1. The molecule has 2 aliphatic rings. The Labute approximate surface area is 164 Å². The van der Waals surface area contributed by atoms with Crippen LogP contribution in [0.4, 0.5) is 11.5 Å². The topological polar surface area (TPSA) is 97.3 Å². The molecule has 2 aromatic rings. The van der Waals surface area contributed by atoms with Crippen LogP contribution in [0.1, 0.15) is 54.3 Å². The molecule has 2 aromatic heterocycles. The third-order valence-electron chi connectivity index (χ3n) is 5.87. The maximum Gasteiger partial charge on any atom is 0.260 e. The third kappa shape index (κ3) is 3.50. The second-order valence-electron chi connectivity index (χ2n) is 8.35. The maximum atomic E-state index is 11.9. The van der Waals surface area contributed by atoms with Gasteiger partial charge in [0.15, 0.2) is 0 Å². The first-order chi connectivity index (χ1) is 12.9. The molecule has 2 fully saturated rings. The van der Waals surface area contributed by atoms with Gasteiger partial charge in [0.1, 0.15) is 15.5 Å². The average molecular weight is 388 g/mol. The van der Waals surface area contributed by atoms with E-state index in [9.17, 15) is 4.79 Å². The molecule has 0 aromatic carbocycles. The Morgan fingerprint density at radius 3 is 2.70 bits per heavy atom. The van der Waals surface area contributed by atoms with Crippen molar-refractivity contribution in [2.75, 3.05) is 36.8 Å². The van der Waals surface area contributed by atoms with Crippen molar-refractivity contribution in [2.24, 2.45) is 17.6 Å². The van der Waals surface area contributed by atoms with Gasteiger partial charge in [-0.25, -0.2) is 4.98 Å². The molecule has 5 N–H and O–H groups in total. The standard InChI is InChI=1S/C20H29N5OS/c1-11-6-12(2)10-25(9-11)15-7-14(13-4-3-5-23-8-13)16-17(21)18(19(22)26)27-20(16)24-15/h7,11-13,23H,3-6,8-10,21H2,1-2H3,(H2,22,26). The minimum Gasteiger partial charge on any atom is -0.397 e. The molecule has 0 bridgehead atoms. The minimum atomic E-state index is -0.468. The van der Waals surface area contributed by atoms with Gasteiger partial charge in [-0.15, -0.1) is 11.3 Å². The predicted molar refractivity (Wildman–Crippen MR) is 113 cm³/mol. The zero-order chi connectivity index (χ0) is 19.1. The molecule has 0 aliphatic carbocycles. The molecule has 27 heavy (non-hydrogen) atoms. The summed E-state index contributed by atoms with van der Waals surface area (Å²) in [5, 5.41) is 4.43. The van der Waals surface area contributed by atoms with Gasteiger partial charge in [-0.3, -0.25) is 4.79 Å². The number of nitrogens with two attached hydrogens (primary N) is 2. The van der Waals surface area contributed by atoms with Crippen molar-refractivity contribution in [1.82, 2.24) is 10.3 Å². The van der Waals surface area contributed by atoms with Crippen LogP contribution in [-0.4, -0.2) is 37.1 Å². The number of piperidine rings is 2. The first-order valence-electron chi connectivity index (χ1n) is 9.92. The molecule has 3 atom stereocenters. The van der Waals surface area contributed by atoms with E-state index in [0.29, 0.717) is 28.3 Å². The van der Waals surface area contributed by atoms with Crippen LogP contribution in [0.5, 0.6) is 0 Å². The number of nitrogens with one attached hydrogen (secondary N) is 1. The minimum absolute atomic E-state index is 0.389. The van der Waals surface area contributed by atoms with Gasteiger partial charge in [0.05, 0.1) is 5.69 Å². The number of primary amides is 1. The molecule has 146 valence electrons. The number of rotatable bonds is 3. The Bertz CT molecular complexity index is 848. The number of aromatic nitrogens is 1. The van der Waals surface area contributed by atoms with Crippen molar-refractivity contribution in [3.8, 4) is 0 Å². The lowest BCUT2D eigenvalue weighted by Gasteiger charge is -2.36. The van der Waals surface area contributed by atoms with E-state index in [1.807, 2.05) is 0 Å². The summed E-state index contributed by atoms with van der Waals surface area (Å²) in [6, 6.07) is 2.22. The van der Waals surface area contributed by atoms with Crippen molar-refractivity contribution < 1.29 is 4.79 Å². The van der Waals surface area contributed by atoms with Crippen molar-refractivity contribution in [3.63, 3.8) is 0 Å². The molecule has 1 amide bonds. The largest absolute Gasteiger partial charge is 0.397 e. The van der Waals surface area contributed by atoms with Crippen LogP contribution in [0.25, 0.3) is 10.2 Å². The fraction of sp³-hybridized carbons (Fsp3) is 0.600. The lowest BCUT2D eigenvalue weighted by Crippen LogP contribution is -2.39. The van der Waals surface area contributed by atoms with Gasteiger partial charge in [0.25, 0.3) is 5.91 Å². The van der Waals surface area contributed by atoms with E-state index in [-0.39, 0.29) is 0 Å². The molecular formula is C20H29N5OS. The number of pyridine rings is 1. The Morgan fingerprint density at radius 2 is 2.07 bits per heavy atom. The summed E-state index contributed by atoms with van der Waals surface area (Å²) < 4.78 is 0. The quantitative estimate of drug-likeness (QED) is 0.752. The van der Waals surface area contributed by atoms with Crippen LogP contribution >= 0.6 is 11.3 Å². The molecule has 4 heterocycles. The van der Waals surface area contributed by atoms with E-state index in [4.69, 9.17) is 16.5 Å². The van der Waals surface area contributed by atoms with Crippen LogP contribution < -0.4 is 21.7 Å². The molecule has 2 saturated heterocycles. The normalized spacial score (nSPS) is 26.4. The lowest BCUT2D eigenvalue weighted by molar-refractivity contribution is 0.100. The van der Waals surface area contributed by atoms with Gasteiger partial charge in [-0.05, 0) is 55.2 Å². The second kappa shape index (κ2) is 7.28. The zero-order valence-electron chi connectivity index (χ0n) is 16.1. The van der Waals surface area contributed by atoms with Crippen molar-refractivity contribution in [3.05, 3.63) is 16.5 Å². The molecule has 4 rings (SSSR count). The summed E-state index contributed by atoms with van der Waals surface area (Å²) in [7, 11) is 0. The average Bonchev–Trinajstić information content (AvgIpc) is 2.98. The number of nitrogens with zero attached hydrogens (tertiary/aromatic N) is 2. The Kier molecular flexibility index (Phi) is 4.99. The van der Waals surface area contributed by atoms with E-state index in [2.05, 4.69) is 30.1 Å². The SMILES string of the molecule is CC1CC(C)CN(c2cc(C3CCCNC3)c3c(N)c(C(N)=O)sc3n2)C1. The number of thiophene rings is 1. The highest BCUT2D eigenvalue weighted by atomic mass is 32.1. The van der Waals surface area contributed by atoms with Gasteiger partial charge in [-0.2, -0.15) is 0 Å². The smallest absolute Gasteiger partial charge is 0.260 e. The van der Waals surface area contributed by atoms with Crippen LogP contribution in [0, 0.1) is 11.8 Å². The second-order valence-corrected chi connectivity index (χ2v) is 9.35. The third-order valence-corrected chi connectivity index (χ3v) is 6.98. The van der Waals surface area contributed by atoms with Gasteiger partial charge in [0, 0.05) is 25.0 Å². The first-order valence-corrected chi connectivity index (χ1v) is 10.7. The van der Waals surface area contributed by atoms with Gasteiger partial charge < -0.3 is 21.7 Å². The highest BCUT2D eigenvalue weighted by molar-refractivity contribution is 7.21. The summed E-state index contributed by atoms with van der Waals surface area (Å²) in [6.45, 7) is 8.66. The molecule has 6 nitrogen and oxygen atoms in total. The molecule has 3 unspecified atom stereocenters. The van der Waals surface area contributed by atoms with E-state index in [0.717, 1.165) is 55.1 Å². The molecule has 0 spiro atoms. The summed E-state index contributed by atoms with van der Waals surface area (Å²) in [5.41, 5.74) is 13.6. The van der Waals surface area contributed by atoms with Crippen molar-refractivity contribution >= 4 is 39.0 Å². The van der Waals surface area contributed by atoms with Gasteiger partial charge in [0.2, 0.25) is 0 Å². The van der Waals surface area contributed by atoms with E-state index in [1.165, 1.54) is 23.3 Å². The van der Waals surface area contributed by atoms with E-state index in [1.54, 1.807) is 0 Å². The fourth-order valence-electron chi connectivity index (χ4n) is 4.77. The van der Waals surface area contributed by atoms with Crippen LogP contribution in [-0.2, 0) is 0 Å². The fourth-order valence-corrected chi connectivity index (χ4v) is 5.75. The van der Waals surface area contributed by atoms with E-state index >= 15 is 0 Å². The Balaban J connectivity index is 1.84. The maximum absolute atomic E-state index is 11.9. The number of anilines is 2. The molecule has 0 saturated carbocycles. The predicted octanol–water partition coefficient (Wildman–Crippen LogP) is 2.93. The summed E-state index contributed by atoms with van der Waals surface area (Å²) in [6.07, 6.45) is 3.53. The Morgan fingerprint density at radius 1 is 1.33 bits per heavy atom. The van der Waals surface area contributed by atoms with Crippen molar-refractivity contribution in [1.29, 1.82) is 0 Å². The zero-order valence-corrected chi connectivity index (χ0v) is 16.9. The monoisotopic (exact) mass is 387 g/mol. The van der Waals surface area contributed by atoms with E-state index < -0.39 is 5.91 Å². The highest BCUT2D eigenvalue weighted by Crippen LogP contribution is 2.41. The molecule has 7 heteroatoms. The number of fused-ring (bicyclic) bond motifs is 1. The molecule has 0 radical (unpaired) electrons. The number of carbonyl (C=O) groups is 1. The Hall–Kier alpha value is -1.86. The van der Waals surface area contributed by atoms with Crippen LogP contribution in [0.3, 0.4) is 0 Å². The highest BCUT2D eigenvalue weighted by Gasteiger charge is 2.28. The van der Waals surface area contributed by atoms with Crippen LogP contribution in [0.2, 0.25) is 0 Å².